The van der Waals surface area contributed by atoms with E-state index in [1.54, 1.807) is 12.1 Å². The standard InChI is InChI=1S/C6H6INOS/c7-5-3-4(10-9)1-2-6(5)8/h1-3,9H,8H2. The highest BCUT2D eigenvalue weighted by Crippen LogP contribution is 2.21. The molecule has 0 aromatic heterocycles. The van der Waals surface area contributed by atoms with E-state index in [2.05, 4.69) is 22.6 Å². The number of hydrogen-bond donors (Lipinski definition) is 2. The number of nitrogens with two attached hydrogens (primary N) is 1. The van der Waals surface area contributed by atoms with Gasteiger partial charge in [0.15, 0.2) is 0 Å². The molecule has 0 radical (unpaired) electrons. The molecular weight excluding hydrogens is 261 g/mol. The third-order valence-electron chi connectivity index (χ3n) is 1.08. The smallest absolute Gasteiger partial charge is 0.0450 e. The van der Waals surface area contributed by atoms with Gasteiger partial charge in [0, 0.05) is 26.2 Å². The van der Waals surface area contributed by atoms with E-state index in [1.165, 1.54) is 0 Å². The zero-order valence-corrected chi connectivity index (χ0v) is 8.02. The maximum atomic E-state index is 8.63. The molecule has 0 aliphatic rings. The highest BCUT2D eigenvalue weighted by atomic mass is 127. The van der Waals surface area contributed by atoms with Crippen LogP contribution in [0, 0.1) is 3.57 Å². The third-order valence-corrected chi connectivity index (χ3v) is 2.48. The van der Waals surface area contributed by atoms with Crippen molar-refractivity contribution in [3.05, 3.63) is 21.8 Å². The average molecular weight is 267 g/mol. The lowest BCUT2D eigenvalue weighted by atomic mass is 10.3. The van der Waals surface area contributed by atoms with E-state index in [9.17, 15) is 0 Å². The molecule has 10 heavy (non-hydrogen) atoms. The lowest BCUT2D eigenvalue weighted by Crippen LogP contribution is -1.87. The Balaban J connectivity index is 3.04. The molecule has 0 saturated heterocycles. The topological polar surface area (TPSA) is 46.2 Å². The van der Waals surface area contributed by atoms with Gasteiger partial charge in [-0.3, -0.25) is 0 Å². The Bertz CT molecular complexity index is 241. The summed E-state index contributed by atoms with van der Waals surface area (Å²) in [6.45, 7) is 0. The summed E-state index contributed by atoms with van der Waals surface area (Å²) < 4.78 is 9.59. The second kappa shape index (κ2) is 3.45. The average Bonchev–Trinajstić information content (AvgIpc) is 1.95. The van der Waals surface area contributed by atoms with Gasteiger partial charge in [0.25, 0.3) is 0 Å². The van der Waals surface area contributed by atoms with Crippen LogP contribution in [0.2, 0.25) is 0 Å². The second-order valence-corrected chi connectivity index (χ2v) is 3.59. The predicted octanol–water partition coefficient (Wildman–Crippen LogP) is 2.44. The van der Waals surface area contributed by atoms with Crippen molar-refractivity contribution in [3.63, 3.8) is 0 Å². The molecule has 0 unspecified atom stereocenters. The van der Waals surface area contributed by atoms with E-state index < -0.39 is 0 Å². The van der Waals surface area contributed by atoms with Crippen LogP contribution < -0.4 is 5.73 Å². The normalized spacial score (nSPS) is 9.80. The number of nitrogen functional groups attached to an aromatic ring is 1. The van der Waals surface area contributed by atoms with Gasteiger partial charge in [0.1, 0.15) is 0 Å². The van der Waals surface area contributed by atoms with Gasteiger partial charge in [-0.05, 0) is 40.8 Å². The Morgan fingerprint density at radius 1 is 1.50 bits per heavy atom. The molecule has 4 heteroatoms. The molecule has 0 spiro atoms. The molecule has 0 saturated carbocycles. The van der Waals surface area contributed by atoms with E-state index in [-0.39, 0.29) is 0 Å². The number of hydrogen-bond acceptors (Lipinski definition) is 3. The zero-order chi connectivity index (χ0) is 7.56. The fourth-order valence-corrected chi connectivity index (χ4v) is 1.59. The quantitative estimate of drug-likeness (QED) is 0.466. The lowest BCUT2D eigenvalue weighted by Gasteiger charge is -1.98. The molecular formula is C6H6INOS. The summed E-state index contributed by atoms with van der Waals surface area (Å²) in [5.41, 5.74) is 6.29. The van der Waals surface area contributed by atoms with Crippen molar-refractivity contribution >= 4 is 40.3 Å². The molecule has 3 N–H and O–H groups in total. The van der Waals surface area contributed by atoms with Gasteiger partial charge in [-0.15, -0.1) is 0 Å². The van der Waals surface area contributed by atoms with Gasteiger partial charge in [-0.25, -0.2) is 0 Å². The van der Waals surface area contributed by atoms with Crippen LogP contribution in [0.3, 0.4) is 0 Å². The van der Waals surface area contributed by atoms with E-state index >= 15 is 0 Å². The predicted molar refractivity (Wildman–Crippen MR) is 52.1 cm³/mol. The Morgan fingerprint density at radius 3 is 2.70 bits per heavy atom. The number of benzene rings is 1. The van der Waals surface area contributed by atoms with Crippen LogP contribution in [0.25, 0.3) is 0 Å². The van der Waals surface area contributed by atoms with Crippen LogP contribution in [-0.4, -0.2) is 4.55 Å². The Labute approximate surface area is 77.2 Å². The van der Waals surface area contributed by atoms with Crippen LogP contribution in [0.1, 0.15) is 0 Å². The summed E-state index contributed by atoms with van der Waals surface area (Å²) >= 11 is 2.86. The monoisotopic (exact) mass is 267 g/mol. The molecule has 1 aromatic rings. The van der Waals surface area contributed by atoms with Gasteiger partial charge in [-0.2, -0.15) is 0 Å². The number of rotatable bonds is 1. The van der Waals surface area contributed by atoms with Gasteiger partial charge >= 0.3 is 0 Å². The summed E-state index contributed by atoms with van der Waals surface area (Å²) in [7, 11) is 0. The van der Waals surface area contributed by atoms with Gasteiger partial charge in [0.2, 0.25) is 0 Å². The fourth-order valence-electron chi connectivity index (χ4n) is 0.565. The van der Waals surface area contributed by atoms with E-state index in [4.69, 9.17) is 10.3 Å². The van der Waals surface area contributed by atoms with Crippen molar-refractivity contribution in [1.82, 2.24) is 0 Å². The summed E-state index contributed by atoms with van der Waals surface area (Å²) in [4.78, 5) is 0.818. The summed E-state index contributed by atoms with van der Waals surface area (Å²) in [6, 6.07) is 5.39. The second-order valence-electron chi connectivity index (χ2n) is 1.77. The first kappa shape index (κ1) is 8.16. The molecule has 2 nitrogen and oxygen atoms in total. The Morgan fingerprint density at radius 2 is 2.20 bits per heavy atom. The van der Waals surface area contributed by atoms with Crippen molar-refractivity contribution in [2.75, 3.05) is 5.73 Å². The van der Waals surface area contributed by atoms with Crippen molar-refractivity contribution in [1.29, 1.82) is 0 Å². The third kappa shape index (κ3) is 1.77. The van der Waals surface area contributed by atoms with Crippen molar-refractivity contribution in [2.24, 2.45) is 0 Å². The molecule has 0 aliphatic heterocycles. The van der Waals surface area contributed by atoms with Crippen LogP contribution >= 0.6 is 34.6 Å². The van der Waals surface area contributed by atoms with E-state index in [0.29, 0.717) is 0 Å². The van der Waals surface area contributed by atoms with Crippen LogP contribution in [-0.2, 0) is 0 Å². The van der Waals surface area contributed by atoms with Crippen LogP contribution in [0.5, 0.6) is 0 Å². The van der Waals surface area contributed by atoms with Crippen molar-refractivity contribution < 1.29 is 4.55 Å². The zero-order valence-electron chi connectivity index (χ0n) is 5.04. The highest BCUT2D eigenvalue weighted by Gasteiger charge is 1.95. The minimum Gasteiger partial charge on any atom is -0.398 e. The molecule has 0 heterocycles. The van der Waals surface area contributed by atoms with Gasteiger partial charge in [-0.1, -0.05) is 0 Å². The Hall–Kier alpha value is 0.0600. The molecule has 1 rings (SSSR count). The molecule has 0 amide bonds. The summed E-state index contributed by atoms with van der Waals surface area (Å²) in [5.74, 6) is 0. The maximum Gasteiger partial charge on any atom is 0.0450 e. The SMILES string of the molecule is Nc1ccc(SO)cc1I. The Kier molecular flexibility index (Phi) is 2.82. The minimum atomic E-state index is 0.731. The summed E-state index contributed by atoms with van der Waals surface area (Å²) in [5, 5.41) is 0. The first-order valence-electron chi connectivity index (χ1n) is 2.60. The first-order chi connectivity index (χ1) is 4.74. The lowest BCUT2D eigenvalue weighted by molar-refractivity contribution is 0.664. The minimum absolute atomic E-state index is 0.731. The van der Waals surface area contributed by atoms with Crippen LogP contribution in [0.15, 0.2) is 23.1 Å². The van der Waals surface area contributed by atoms with Gasteiger partial charge < -0.3 is 10.3 Å². The van der Waals surface area contributed by atoms with E-state index in [0.717, 1.165) is 26.2 Å². The van der Waals surface area contributed by atoms with E-state index in [1.807, 2.05) is 6.07 Å². The molecule has 0 bridgehead atoms. The summed E-state index contributed by atoms with van der Waals surface area (Å²) in [6.07, 6.45) is 0. The molecule has 0 atom stereocenters. The number of halogens is 1. The van der Waals surface area contributed by atoms with Crippen LogP contribution in [0.4, 0.5) is 5.69 Å². The van der Waals surface area contributed by atoms with Crippen molar-refractivity contribution in [3.8, 4) is 0 Å². The highest BCUT2D eigenvalue weighted by molar-refractivity contribution is 14.1. The molecule has 54 valence electrons. The fraction of sp³-hybridized carbons (Fsp3) is 0. The molecule has 1 aromatic carbocycles. The first-order valence-corrected chi connectivity index (χ1v) is 4.45. The largest absolute Gasteiger partial charge is 0.398 e. The number of anilines is 1. The van der Waals surface area contributed by atoms with Crippen molar-refractivity contribution in [2.45, 2.75) is 4.90 Å². The maximum absolute atomic E-state index is 8.63. The molecule has 0 fully saturated rings. The van der Waals surface area contributed by atoms with Gasteiger partial charge in [0.05, 0.1) is 0 Å². The molecule has 0 aliphatic carbocycles.